The summed E-state index contributed by atoms with van der Waals surface area (Å²) >= 11 is 3.52. The molecular weight excluding hydrogens is 514 g/mol. The molecular formula is C25H26BrN5O4. The van der Waals surface area contributed by atoms with Crippen LogP contribution < -0.4 is 5.32 Å². The summed E-state index contributed by atoms with van der Waals surface area (Å²) in [5.41, 5.74) is 2.10. The third kappa shape index (κ3) is 5.55. The predicted molar refractivity (Wildman–Crippen MR) is 137 cm³/mol. The Labute approximate surface area is 210 Å². The highest BCUT2D eigenvalue weighted by molar-refractivity contribution is 9.10. The number of carbonyl (C=O) groups is 1. The molecule has 4 aromatic rings. The molecule has 3 heterocycles. The van der Waals surface area contributed by atoms with Gasteiger partial charge in [0.05, 0.1) is 21.9 Å². The molecule has 1 aliphatic heterocycles. The van der Waals surface area contributed by atoms with Crippen LogP contribution in [0.2, 0.25) is 0 Å². The van der Waals surface area contributed by atoms with Crippen LogP contribution >= 0.6 is 15.9 Å². The molecule has 2 aromatic heterocycles. The number of aromatic hydroxyl groups is 3. The van der Waals surface area contributed by atoms with Crippen molar-refractivity contribution in [1.29, 1.82) is 0 Å². The minimum absolute atomic E-state index is 0.0671. The van der Waals surface area contributed by atoms with Gasteiger partial charge in [-0.1, -0.05) is 18.2 Å². The number of hydrogen-bond acceptors (Lipinski definition) is 8. The number of anilines is 1. The summed E-state index contributed by atoms with van der Waals surface area (Å²) in [5, 5.41) is 36.0. The number of nitrogens with zero attached hydrogens (tertiary/aromatic N) is 4. The predicted octanol–water partition coefficient (Wildman–Crippen LogP) is 4.28. The summed E-state index contributed by atoms with van der Waals surface area (Å²) in [7, 11) is 2.15. The Morgan fingerprint density at radius 2 is 1.69 bits per heavy atom. The Morgan fingerprint density at radius 3 is 2.31 bits per heavy atom. The second-order valence-electron chi connectivity index (χ2n) is 8.32. The SMILES string of the molecule is CN1CCC(Nc2cc(-c3ccccc3O)nc3c(Br)cnn23)CC1.O=Cc1c(O)cccc1O. The first kappa shape index (κ1) is 24.5. The monoisotopic (exact) mass is 539 g/mol. The van der Waals surface area contributed by atoms with Gasteiger partial charge in [-0.05, 0) is 73.2 Å². The molecule has 10 heteroatoms. The van der Waals surface area contributed by atoms with Crippen molar-refractivity contribution in [2.45, 2.75) is 18.9 Å². The first-order valence-corrected chi connectivity index (χ1v) is 11.9. The van der Waals surface area contributed by atoms with E-state index in [-0.39, 0.29) is 22.8 Å². The third-order valence-corrected chi connectivity index (χ3v) is 6.42. The van der Waals surface area contributed by atoms with Gasteiger partial charge in [0.25, 0.3) is 0 Å². The topological polar surface area (TPSA) is 123 Å². The molecule has 0 radical (unpaired) electrons. The fraction of sp³-hybridized carbons (Fsp3) is 0.240. The van der Waals surface area contributed by atoms with E-state index in [0.717, 1.165) is 47.6 Å². The van der Waals surface area contributed by atoms with E-state index in [2.05, 4.69) is 43.3 Å². The average molecular weight is 540 g/mol. The zero-order chi connectivity index (χ0) is 24.9. The van der Waals surface area contributed by atoms with Crippen molar-refractivity contribution in [3.05, 3.63) is 64.8 Å². The van der Waals surface area contributed by atoms with Crippen LogP contribution in [0, 0.1) is 0 Å². The number of piperidine rings is 1. The molecule has 2 aromatic carbocycles. The molecule has 0 atom stereocenters. The number of benzene rings is 2. The lowest BCUT2D eigenvalue weighted by Crippen LogP contribution is -2.37. The molecule has 182 valence electrons. The number of carbonyl (C=O) groups excluding carboxylic acids is 1. The molecule has 1 saturated heterocycles. The lowest BCUT2D eigenvalue weighted by Gasteiger charge is -2.30. The van der Waals surface area contributed by atoms with E-state index in [1.165, 1.54) is 18.2 Å². The van der Waals surface area contributed by atoms with Gasteiger partial charge >= 0.3 is 0 Å². The number of phenols is 3. The van der Waals surface area contributed by atoms with Crippen molar-refractivity contribution in [2.24, 2.45) is 0 Å². The van der Waals surface area contributed by atoms with Gasteiger partial charge in [-0.15, -0.1) is 0 Å². The van der Waals surface area contributed by atoms with Crippen molar-refractivity contribution < 1.29 is 20.1 Å². The number of hydrogen-bond donors (Lipinski definition) is 4. The number of nitrogens with one attached hydrogen (secondary N) is 1. The van der Waals surface area contributed by atoms with Gasteiger partial charge < -0.3 is 25.5 Å². The summed E-state index contributed by atoms with van der Waals surface area (Å²) in [5.74, 6) is 0.716. The van der Waals surface area contributed by atoms with Crippen LogP contribution in [0.3, 0.4) is 0 Å². The molecule has 0 saturated carbocycles. The minimum atomic E-state index is -0.199. The Hall–Kier alpha value is -3.63. The molecule has 1 aliphatic rings. The van der Waals surface area contributed by atoms with Gasteiger partial charge in [-0.3, -0.25) is 4.79 Å². The molecule has 35 heavy (non-hydrogen) atoms. The summed E-state index contributed by atoms with van der Waals surface area (Å²) in [4.78, 5) is 17.2. The van der Waals surface area contributed by atoms with Crippen LogP contribution in [0.15, 0.2) is 59.2 Å². The molecule has 0 spiro atoms. The smallest absolute Gasteiger partial charge is 0.172 e. The number of aromatic nitrogens is 3. The normalized spacial score (nSPS) is 14.3. The highest BCUT2D eigenvalue weighted by Gasteiger charge is 2.19. The average Bonchev–Trinajstić information content (AvgIpc) is 3.22. The Bertz CT molecular complexity index is 1310. The molecule has 9 nitrogen and oxygen atoms in total. The number of aldehydes is 1. The highest BCUT2D eigenvalue weighted by atomic mass is 79.9. The lowest BCUT2D eigenvalue weighted by molar-refractivity contribution is 0.111. The molecule has 0 bridgehead atoms. The molecule has 0 amide bonds. The Balaban J connectivity index is 0.000000243. The van der Waals surface area contributed by atoms with Crippen LogP contribution in [-0.4, -0.2) is 67.3 Å². The van der Waals surface area contributed by atoms with Crippen molar-refractivity contribution in [2.75, 3.05) is 25.5 Å². The zero-order valence-electron chi connectivity index (χ0n) is 19.1. The van der Waals surface area contributed by atoms with E-state index in [1.54, 1.807) is 12.3 Å². The van der Waals surface area contributed by atoms with Crippen LogP contribution in [0.25, 0.3) is 16.9 Å². The number of rotatable bonds is 4. The number of likely N-dealkylation sites (tertiary alicyclic amines) is 1. The maximum absolute atomic E-state index is 10.2. The fourth-order valence-electron chi connectivity index (χ4n) is 3.89. The van der Waals surface area contributed by atoms with E-state index in [4.69, 9.17) is 10.2 Å². The largest absolute Gasteiger partial charge is 0.507 e. The van der Waals surface area contributed by atoms with E-state index in [0.29, 0.717) is 17.9 Å². The van der Waals surface area contributed by atoms with Crippen LogP contribution in [0.1, 0.15) is 23.2 Å². The zero-order valence-corrected chi connectivity index (χ0v) is 20.7. The third-order valence-electron chi connectivity index (χ3n) is 5.86. The van der Waals surface area contributed by atoms with Gasteiger partial charge in [0.2, 0.25) is 0 Å². The standard InChI is InChI=1S/C18H20BrN5O.C7H6O3/c1-23-8-6-12(7-9-23)21-17-10-15(13-4-2-3-5-16(13)25)22-18-14(19)11-20-24(17)18;8-4-5-6(9)2-1-3-7(5)10/h2-5,10-12,21,25H,6-9H2,1H3;1-4,9-10H. The summed E-state index contributed by atoms with van der Waals surface area (Å²) in [6.07, 6.45) is 4.34. The van der Waals surface area contributed by atoms with Crippen molar-refractivity contribution >= 4 is 33.7 Å². The molecule has 4 N–H and O–H groups in total. The number of halogens is 1. The van der Waals surface area contributed by atoms with Crippen molar-refractivity contribution in [3.63, 3.8) is 0 Å². The Morgan fingerprint density at radius 1 is 1.03 bits per heavy atom. The van der Waals surface area contributed by atoms with E-state index in [1.807, 2.05) is 28.8 Å². The van der Waals surface area contributed by atoms with Crippen LogP contribution in [-0.2, 0) is 0 Å². The summed E-state index contributed by atoms with van der Waals surface area (Å²) in [6.45, 7) is 2.17. The summed E-state index contributed by atoms with van der Waals surface area (Å²) in [6, 6.07) is 13.8. The maximum atomic E-state index is 10.2. The number of para-hydroxylation sites is 1. The first-order valence-electron chi connectivity index (χ1n) is 11.1. The van der Waals surface area contributed by atoms with E-state index in [9.17, 15) is 9.90 Å². The first-order chi connectivity index (χ1) is 16.9. The quantitative estimate of drug-likeness (QED) is 0.283. The second kappa shape index (κ2) is 10.7. The van der Waals surface area contributed by atoms with Gasteiger partial charge in [-0.2, -0.15) is 9.61 Å². The number of phenolic OH excluding ortho intramolecular Hbond substituents is 3. The summed E-state index contributed by atoms with van der Waals surface area (Å²) < 4.78 is 2.64. The van der Waals surface area contributed by atoms with Gasteiger partial charge in [0.1, 0.15) is 23.1 Å². The fourth-order valence-corrected chi connectivity index (χ4v) is 4.24. The van der Waals surface area contributed by atoms with E-state index < -0.39 is 0 Å². The number of fused-ring (bicyclic) bond motifs is 1. The van der Waals surface area contributed by atoms with Gasteiger partial charge in [-0.25, -0.2) is 4.98 Å². The van der Waals surface area contributed by atoms with Gasteiger partial charge in [0, 0.05) is 17.7 Å². The van der Waals surface area contributed by atoms with Gasteiger partial charge in [0.15, 0.2) is 11.9 Å². The van der Waals surface area contributed by atoms with E-state index >= 15 is 0 Å². The lowest BCUT2D eigenvalue weighted by atomic mass is 10.1. The molecule has 0 unspecified atom stereocenters. The molecule has 5 rings (SSSR count). The van der Waals surface area contributed by atoms with Crippen LogP contribution in [0.4, 0.5) is 5.82 Å². The Kier molecular flexibility index (Phi) is 7.52. The molecule has 0 aliphatic carbocycles. The van der Waals surface area contributed by atoms with Crippen molar-refractivity contribution in [1.82, 2.24) is 19.5 Å². The van der Waals surface area contributed by atoms with Crippen molar-refractivity contribution in [3.8, 4) is 28.5 Å². The highest BCUT2D eigenvalue weighted by Crippen LogP contribution is 2.31. The second-order valence-corrected chi connectivity index (χ2v) is 9.18. The maximum Gasteiger partial charge on any atom is 0.172 e. The molecule has 1 fully saturated rings. The minimum Gasteiger partial charge on any atom is -0.507 e. The van der Waals surface area contributed by atoms with Crippen LogP contribution in [0.5, 0.6) is 17.2 Å².